The zero-order valence-electron chi connectivity index (χ0n) is 14.8. The molecule has 0 bridgehead atoms. The van der Waals surface area contributed by atoms with Crippen LogP contribution in [0.25, 0.3) is 11.3 Å². The van der Waals surface area contributed by atoms with Crippen LogP contribution >= 0.6 is 0 Å². The molecule has 26 heavy (non-hydrogen) atoms. The second-order valence-electron chi connectivity index (χ2n) is 7.01. The Morgan fingerprint density at radius 3 is 2.35 bits per heavy atom. The smallest absolute Gasteiger partial charge is 0.151 e. The first-order valence-electron chi connectivity index (χ1n) is 9.26. The predicted octanol–water partition coefficient (Wildman–Crippen LogP) is 4.29. The van der Waals surface area contributed by atoms with E-state index in [1.165, 1.54) is 0 Å². The molecule has 1 saturated heterocycles. The zero-order valence-corrected chi connectivity index (χ0v) is 14.8. The highest BCUT2D eigenvalue weighted by Crippen LogP contribution is 2.31. The van der Waals surface area contributed by atoms with Gasteiger partial charge in [-0.25, -0.2) is 0 Å². The Balaban J connectivity index is 1.32. The van der Waals surface area contributed by atoms with Crippen molar-refractivity contribution in [2.24, 2.45) is 5.92 Å². The van der Waals surface area contributed by atoms with Crippen LogP contribution in [0.15, 0.2) is 71.3 Å². The van der Waals surface area contributed by atoms with Crippen molar-refractivity contribution in [2.45, 2.75) is 25.5 Å². The molecule has 4 heteroatoms. The van der Waals surface area contributed by atoms with Gasteiger partial charge in [-0.05, 0) is 37.4 Å². The molecule has 0 radical (unpaired) electrons. The molecule has 3 aromatic rings. The van der Waals surface area contributed by atoms with E-state index in [-0.39, 0.29) is 6.10 Å². The Kier molecular flexibility index (Phi) is 5.14. The monoisotopic (exact) mass is 348 g/mol. The normalized spacial score (nSPS) is 17.3. The summed E-state index contributed by atoms with van der Waals surface area (Å²) in [5, 5.41) is 14.8. The molecule has 0 saturated carbocycles. The third kappa shape index (κ3) is 3.87. The summed E-state index contributed by atoms with van der Waals surface area (Å²) in [6.07, 6.45) is 1.62. The highest BCUT2D eigenvalue weighted by atomic mass is 16.5. The van der Waals surface area contributed by atoms with Crippen molar-refractivity contribution in [1.82, 2.24) is 10.1 Å². The van der Waals surface area contributed by atoms with E-state index in [2.05, 4.69) is 10.1 Å². The molecular weight excluding hydrogens is 324 g/mol. The summed E-state index contributed by atoms with van der Waals surface area (Å²) in [6.45, 7) is 2.71. The molecule has 0 aliphatic carbocycles. The maximum absolute atomic E-state index is 10.6. The maximum atomic E-state index is 10.6. The van der Waals surface area contributed by atoms with Crippen LogP contribution in [0, 0.1) is 5.92 Å². The van der Waals surface area contributed by atoms with Crippen molar-refractivity contribution < 1.29 is 9.63 Å². The van der Waals surface area contributed by atoms with Gasteiger partial charge in [0.2, 0.25) is 0 Å². The molecule has 4 nitrogen and oxygen atoms in total. The van der Waals surface area contributed by atoms with E-state index in [0.717, 1.165) is 55.1 Å². The van der Waals surface area contributed by atoms with Gasteiger partial charge in [0.25, 0.3) is 0 Å². The largest absolute Gasteiger partial charge is 0.388 e. The Morgan fingerprint density at radius 1 is 1.00 bits per heavy atom. The minimum Gasteiger partial charge on any atom is -0.388 e. The molecule has 2 aromatic carbocycles. The molecule has 0 spiro atoms. The van der Waals surface area contributed by atoms with Gasteiger partial charge in [0.1, 0.15) is 5.69 Å². The van der Waals surface area contributed by atoms with E-state index < -0.39 is 0 Å². The van der Waals surface area contributed by atoms with E-state index in [4.69, 9.17) is 4.52 Å². The molecule has 1 aromatic heterocycles. The van der Waals surface area contributed by atoms with E-state index in [1.54, 1.807) is 0 Å². The van der Waals surface area contributed by atoms with Crippen LogP contribution in [0.4, 0.5) is 0 Å². The number of aromatic nitrogens is 1. The number of piperidine rings is 1. The molecule has 134 valence electrons. The number of hydrogen-bond donors (Lipinski definition) is 1. The van der Waals surface area contributed by atoms with Gasteiger partial charge >= 0.3 is 0 Å². The first-order chi connectivity index (χ1) is 12.8. The number of hydrogen-bond acceptors (Lipinski definition) is 4. The third-order valence-electron chi connectivity index (χ3n) is 5.23. The quantitative estimate of drug-likeness (QED) is 0.747. The first kappa shape index (κ1) is 17.0. The van der Waals surface area contributed by atoms with Crippen LogP contribution in [-0.4, -0.2) is 28.3 Å². The highest BCUT2D eigenvalue weighted by Gasteiger charge is 2.26. The number of rotatable bonds is 5. The fraction of sp³-hybridized carbons (Fsp3) is 0.318. The number of benzene rings is 2. The van der Waals surface area contributed by atoms with Crippen molar-refractivity contribution in [1.29, 1.82) is 0 Å². The number of nitrogens with zero attached hydrogens (tertiary/aromatic N) is 2. The fourth-order valence-corrected chi connectivity index (χ4v) is 3.70. The summed E-state index contributed by atoms with van der Waals surface area (Å²) in [6, 6.07) is 22.1. The van der Waals surface area contributed by atoms with Crippen molar-refractivity contribution in [3.63, 3.8) is 0 Å². The Morgan fingerprint density at radius 2 is 1.65 bits per heavy atom. The molecule has 1 aliphatic rings. The van der Waals surface area contributed by atoms with Crippen LogP contribution in [0.2, 0.25) is 0 Å². The minimum absolute atomic E-state index is 0.322. The van der Waals surface area contributed by atoms with Gasteiger partial charge in [-0.15, -0.1) is 0 Å². The molecule has 1 unspecified atom stereocenters. The molecule has 1 fully saturated rings. The third-order valence-corrected chi connectivity index (χ3v) is 5.23. The van der Waals surface area contributed by atoms with Crippen molar-refractivity contribution in [3.05, 3.63) is 78.1 Å². The van der Waals surface area contributed by atoms with Crippen molar-refractivity contribution in [2.75, 3.05) is 13.1 Å². The SMILES string of the molecule is OC(c1ccccc1)C1CCN(Cc2cc(-c3ccccc3)no2)CC1. The topological polar surface area (TPSA) is 49.5 Å². The lowest BCUT2D eigenvalue weighted by Gasteiger charge is -2.33. The molecule has 0 amide bonds. The Bertz CT molecular complexity index is 808. The van der Waals surface area contributed by atoms with Crippen LogP contribution in [0.5, 0.6) is 0 Å². The Labute approximate surface area is 154 Å². The summed E-state index contributed by atoms with van der Waals surface area (Å²) in [7, 11) is 0. The summed E-state index contributed by atoms with van der Waals surface area (Å²) in [5.41, 5.74) is 2.98. The van der Waals surface area contributed by atoms with Gasteiger partial charge in [-0.3, -0.25) is 4.90 Å². The van der Waals surface area contributed by atoms with Gasteiger partial charge < -0.3 is 9.63 Å². The van der Waals surface area contributed by atoms with Gasteiger partial charge in [0.15, 0.2) is 5.76 Å². The Hall–Kier alpha value is -2.43. The van der Waals surface area contributed by atoms with E-state index in [9.17, 15) is 5.11 Å². The molecule has 1 aliphatic heterocycles. The lowest BCUT2D eigenvalue weighted by molar-refractivity contribution is 0.0543. The minimum atomic E-state index is -0.367. The molecule has 4 rings (SSSR count). The zero-order chi connectivity index (χ0) is 17.8. The van der Waals surface area contributed by atoms with Gasteiger partial charge in [0, 0.05) is 11.6 Å². The highest BCUT2D eigenvalue weighted by molar-refractivity contribution is 5.58. The second kappa shape index (κ2) is 7.85. The van der Waals surface area contributed by atoms with E-state index in [1.807, 2.05) is 66.7 Å². The standard InChI is InChI=1S/C22H24N2O2/c25-22(18-9-5-2-6-10-18)19-11-13-24(14-12-19)16-20-15-21(23-26-20)17-7-3-1-4-8-17/h1-10,15,19,22,25H,11-14,16H2. The molecule has 1 atom stereocenters. The van der Waals surface area contributed by atoms with Gasteiger partial charge in [0.05, 0.1) is 12.6 Å². The lowest BCUT2D eigenvalue weighted by atomic mass is 9.87. The van der Waals surface area contributed by atoms with Crippen LogP contribution in [0.1, 0.15) is 30.3 Å². The van der Waals surface area contributed by atoms with Crippen LogP contribution < -0.4 is 0 Å². The summed E-state index contributed by atoms with van der Waals surface area (Å²) < 4.78 is 5.52. The maximum Gasteiger partial charge on any atom is 0.151 e. The average molecular weight is 348 g/mol. The van der Waals surface area contributed by atoms with E-state index >= 15 is 0 Å². The van der Waals surface area contributed by atoms with Crippen molar-refractivity contribution in [3.8, 4) is 11.3 Å². The van der Waals surface area contributed by atoms with Crippen LogP contribution in [0.3, 0.4) is 0 Å². The fourth-order valence-electron chi connectivity index (χ4n) is 3.70. The number of aliphatic hydroxyl groups is 1. The number of likely N-dealkylation sites (tertiary alicyclic amines) is 1. The lowest BCUT2D eigenvalue weighted by Crippen LogP contribution is -2.35. The van der Waals surface area contributed by atoms with Gasteiger partial charge in [-0.2, -0.15) is 0 Å². The summed E-state index contributed by atoms with van der Waals surface area (Å²) >= 11 is 0. The summed E-state index contributed by atoms with van der Waals surface area (Å²) in [5.74, 6) is 1.22. The average Bonchev–Trinajstić information content (AvgIpc) is 3.18. The molecule has 2 heterocycles. The second-order valence-corrected chi connectivity index (χ2v) is 7.01. The summed E-state index contributed by atoms with van der Waals surface area (Å²) in [4.78, 5) is 2.38. The number of aliphatic hydroxyl groups excluding tert-OH is 1. The van der Waals surface area contributed by atoms with Crippen molar-refractivity contribution >= 4 is 0 Å². The van der Waals surface area contributed by atoms with Crippen LogP contribution in [-0.2, 0) is 6.54 Å². The van der Waals surface area contributed by atoms with E-state index in [0.29, 0.717) is 5.92 Å². The van der Waals surface area contributed by atoms with Gasteiger partial charge in [-0.1, -0.05) is 65.8 Å². The molecular formula is C22H24N2O2. The molecule has 1 N–H and O–H groups in total. The first-order valence-corrected chi connectivity index (χ1v) is 9.26. The predicted molar refractivity (Wildman–Crippen MR) is 101 cm³/mol.